The summed E-state index contributed by atoms with van der Waals surface area (Å²) < 4.78 is 0. The van der Waals surface area contributed by atoms with Crippen molar-refractivity contribution in [2.75, 3.05) is 17.2 Å². The first-order chi connectivity index (χ1) is 13.0. The number of carbonyl (C=O) groups is 3. The first kappa shape index (κ1) is 19.4. The van der Waals surface area contributed by atoms with E-state index in [1.165, 1.54) is 6.42 Å². The van der Waals surface area contributed by atoms with Gasteiger partial charge in [-0.2, -0.15) is 0 Å². The lowest BCUT2D eigenvalue weighted by Gasteiger charge is -2.25. The van der Waals surface area contributed by atoms with E-state index in [0.29, 0.717) is 24.3 Å². The topological polar surface area (TPSA) is 78.5 Å². The Morgan fingerprint density at radius 2 is 1.81 bits per heavy atom. The van der Waals surface area contributed by atoms with Crippen molar-refractivity contribution in [3.05, 3.63) is 23.8 Å². The zero-order valence-electron chi connectivity index (χ0n) is 16.2. The second-order valence-electron chi connectivity index (χ2n) is 7.73. The molecule has 0 spiro atoms. The van der Waals surface area contributed by atoms with Crippen LogP contribution in [0.25, 0.3) is 0 Å². The Kier molecular flexibility index (Phi) is 6.14. The van der Waals surface area contributed by atoms with Crippen molar-refractivity contribution in [2.24, 2.45) is 5.92 Å². The number of carbonyl (C=O) groups excluding carboxylic acids is 3. The summed E-state index contributed by atoms with van der Waals surface area (Å²) in [4.78, 5) is 38.8. The fourth-order valence-electron chi connectivity index (χ4n) is 3.93. The quantitative estimate of drug-likeness (QED) is 0.832. The predicted molar refractivity (Wildman–Crippen MR) is 105 cm³/mol. The van der Waals surface area contributed by atoms with Crippen LogP contribution in [0.1, 0.15) is 57.4 Å². The molecule has 2 N–H and O–H groups in total. The summed E-state index contributed by atoms with van der Waals surface area (Å²) in [6.45, 7) is 4.30. The highest BCUT2D eigenvalue weighted by Gasteiger charge is 2.30. The Balaban J connectivity index is 1.70. The van der Waals surface area contributed by atoms with Gasteiger partial charge in [-0.25, -0.2) is 0 Å². The summed E-state index contributed by atoms with van der Waals surface area (Å²) in [6.07, 6.45) is 6.53. The van der Waals surface area contributed by atoms with Crippen LogP contribution >= 0.6 is 0 Å². The molecule has 1 atom stereocenters. The fraction of sp³-hybridized carbons (Fsp3) is 0.571. The smallest absolute Gasteiger partial charge is 0.246 e. The molecule has 1 unspecified atom stereocenters. The molecular formula is C21H29N3O3. The number of aryl methyl sites for hydroxylation is 1. The van der Waals surface area contributed by atoms with E-state index in [9.17, 15) is 14.4 Å². The highest BCUT2D eigenvalue weighted by molar-refractivity contribution is 6.02. The number of benzene rings is 1. The molecule has 3 amide bonds. The van der Waals surface area contributed by atoms with Gasteiger partial charge >= 0.3 is 0 Å². The lowest BCUT2D eigenvalue weighted by Crippen LogP contribution is -2.42. The highest BCUT2D eigenvalue weighted by atomic mass is 16.2. The van der Waals surface area contributed by atoms with Crippen molar-refractivity contribution >= 4 is 29.1 Å². The molecule has 1 saturated heterocycles. The lowest BCUT2D eigenvalue weighted by molar-refractivity contribution is -0.134. The number of nitrogens with zero attached hydrogens (tertiary/aromatic N) is 1. The summed E-state index contributed by atoms with van der Waals surface area (Å²) in [6, 6.07) is 5.08. The van der Waals surface area contributed by atoms with E-state index in [-0.39, 0.29) is 23.6 Å². The fourth-order valence-corrected chi connectivity index (χ4v) is 3.93. The predicted octanol–water partition coefficient (Wildman–Crippen LogP) is 3.46. The molecule has 1 aliphatic carbocycles. The van der Waals surface area contributed by atoms with E-state index >= 15 is 0 Å². The number of anilines is 2. The second-order valence-corrected chi connectivity index (χ2v) is 7.73. The van der Waals surface area contributed by atoms with Crippen LogP contribution in [-0.4, -0.2) is 35.2 Å². The zero-order chi connectivity index (χ0) is 19.4. The largest absolute Gasteiger partial charge is 0.331 e. The summed E-state index contributed by atoms with van der Waals surface area (Å²) >= 11 is 0. The summed E-state index contributed by atoms with van der Waals surface area (Å²) in [5.74, 6) is -0.140. The molecule has 1 heterocycles. The number of hydrogen-bond donors (Lipinski definition) is 2. The van der Waals surface area contributed by atoms with Crippen molar-refractivity contribution in [3.63, 3.8) is 0 Å². The molecule has 3 rings (SSSR count). The summed E-state index contributed by atoms with van der Waals surface area (Å²) in [7, 11) is 0. The number of rotatable bonds is 5. The first-order valence-electron chi connectivity index (χ1n) is 9.97. The molecule has 27 heavy (non-hydrogen) atoms. The maximum Gasteiger partial charge on any atom is 0.246 e. The Morgan fingerprint density at radius 3 is 2.48 bits per heavy atom. The van der Waals surface area contributed by atoms with E-state index in [2.05, 4.69) is 10.6 Å². The van der Waals surface area contributed by atoms with Gasteiger partial charge in [-0.3, -0.25) is 14.4 Å². The molecule has 2 aliphatic rings. The Hall–Kier alpha value is -2.37. The SMILES string of the molecule is Cc1ccc(NC(=O)C2CCCCC2)c(NC(=O)C(C)N2CCCC2=O)c1. The molecule has 1 aromatic rings. The van der Waals surface area contributed by atoms with Crippen LogP contribution in [0.3, 0.4) is 0 Å². The normalized spacial score (nSPS) is 19.0. The van der Waals surface area contributed by atoms with Gasteiger partial charge in [0.15, 0.2) is 0 Å². The molecular weight excluding hydrogens is 342 g/mol. The van der Waals surface area contributed by atoms with Crippen molar-refractivity contribution in [1.82, 2.24) is 4.90 Å². The highest BCUT2D eigenvalue weighted by Crippen LogP contribution is 2.28. The molecule has 6 nitrogen and oxygen atoms in total. The van der Waals surface area contributed by atoms with Crippen LogP contribution in [-0.2, 0) is 14.4 Å². The third-order valence-electron chi connectivity index (χ3n) is 5.62. The van der Waals surface area contributed by atoms with Crippen molar-refractivity contribution in [3.8, 4) is 0 Å². The van der Waals surface area contributed by atoms with Crippen LogP contribution in [0, 0.1) is 12.8 Å². The summed E-state index contributed by atoms with van der Waals surface area (Å²) in [5, 5.41) is 5.91. The average Bonchev–Trinajstić information content (AvgIpc) is 3.09. The lowest BCUT2D eigenvalue weighted by atomic mass is 9.88. The van der Waals surface area contributed by atoms with E-state index in [0.717, 1.165) is 37.7 Å². The van der Waals surface area contributed by atoms with Crippen molar-refractivity contribution in [2.45, 2.75) is 64.8 Å². The molecule has 146 valence electrons. The van der Waals surface area contributed by atoms with E-state index in [4.69, 9.17) is 0 Å². The molecule has 6 heteroatoms. The summed E-state index contributed by atoms with van der Waals surface area (Å²) in [5.41, 5.74) is 2.19. The number of nitrogens with one attached hydrogen (secondary N) is 2. The minimum atomic E-state index is -0.526. The van der Waals surface area contributed by atoms with E-state index in [1.807, 2.05) is 25.1 Å². The van der Waals surface area contributed by atoms with Gasteiger partial charge in [0, 0.05) is 18.9 Å². The minimum absolute atomic E-state index is 0.0210. The number of likely N-dealkylation sites (tertiary alicyclic amines) is 1. The molecule has 2 fully saturated rings. The van der Waals surface area contributed by atoms with Gasteiger partial charge in [0.05, 0.1) is 11.4 Å². The van der Waals surface area contributed by atoms with Crippen molar-refractivity contribution in [1.29, 1.82) is 0 Å². The second kappa shape index (κ2) is 8.55. The number of hydrogen-bond acceptors (Lipinski definition) is 3. The van der Waals surface area contributed by atoms with Crippen LogP contribution in [0.4, 0.5) is 11.4 Å². The van der Waals surface area contributed by atoms with Gasteiger partial charge < -0.3 is 15.5 Å². The van der Waals surface area contributed by atoms with Crippen LogP contribution in [0.2, 0.25) is 0 Å². The van der Waals surface area contributed by atoms with Gasteiger partial charge in [0.25, 0.3) is 0 Å². The van der Waals surface area contributed by atoms with Gasteiger partial charge in [-0.1, -0.05) is 25.3 Å². The van der Waals surface area contributed by atoms with Gasteiger partial charge in [-0.15, -0.1) is 0 Å². The molecule has 1 aromatic carbocycles. The van der Waals surface area contributed by atoms with Crippen LogP contribution in [0.5, 0.6) is 0 Å². The molecule has 1 saturated carbocycles. The standard InChI is InChI=1S/C21H29N3O3/c1-14-10-11-17(22-21(27)16-7-4-3-5-8-16)18(13-14)23-20(26)15(2)24-12-6-9-19(24)25/h10-11,13,15-16H,3-9,12H2,1-2H3,(H,22,27)(H,23,26). The number of amides is 3. The van der Waals surface area contributed by atoms with Crippen LogP contribution < -0.4 is 10.6 Å². The monoisotopic (exact) mass is 371 g/mol. The Morgan fingerprint density at radius 1 is 1.07 bits per heavy atom. The molecule has 0 radical (unpaired) electrons. The van der Waals surface area contributed by atoms with Gasteiger partial charge in [0.1, 0.15) is 6.04 Å². The van der Waals surface area contributed by atoms with Gasteiger partial charge in [-0.05, 0) is 50.8 Å². The minimum Gasteiger partial charge on any atom is -0.331 e. The Bertz CT molecular complexity index is 725. The van der Waals surface area contributed by atoms with E-state index in [1.54, 1.807) is 11.8 Å². The molecule has 0 bridgehead atoms. The van der Waals surface area contributed by atoms with Crippen LogP contribution in [0.15, 0.2) is 18.2 Å². The van der Waals surface area contributed by atoms with Gasteiger partial charge in [0.2, 0.25) is 17.7 Å². The average molecular weight is 371 g/mol. The third-order valence-corrected chi connectivity index (χ3v) is 5.62. The maximum absolute atomic E-state index is 12.7. The first-order valence-corrected chi connectivity index (χ1v) is 9.97. The van der Waals surface area contributed by atoms with E-state index < -0.39 is 6.04 Å². The molecule has 0 aromatic heterocycles. The zero-order valence-corrected chi connectivity index (χ0v) is 16.2. The molecule has 1 aliphatic heterocycles. The third kappa shape index (κ3) is 4.67. The Labute approximate surface area is 160 Å². The van der Waals surface area contributed by atoms with Crippen molar-refractivity contribution < 1.29 is 14.4 Å². The maximum atomic E-state index is 12.7.